The maximum Gasteiger partial charge on any atom is 0.254 e. The van der Waals surface area contributed by atoms with Gasteiger partial charge in [0, 0.05) is 38.7 Å². The number of nitrogens with zero attached hydrogens (tertiary/aromatic N) is 3. The smallest absolute Gasteiger partial charge is 0.254 e. The molecule has 0 bridgehead atoms. The average Bonchev–Trinajstić information content (AvgIpc) is 2.76. The number of rotatable bonds is 6. The Bertz CT molecular complexity index is 916. The van der Waals surface area contributed by atoms with Crippen LogP contribution >= 0.6 is 0 Å². The number of nitrogens with one attached hydrogen (secondary N) is 2. The molecule has 8 heteroatoms. The lowest BCUT2D eigenvalue weighted by atomic mass is 9.96. The quantitative estimate of drug-likeness (QED) is 0.753. The SMILES string of the molecule is CC(=O)NCC(=O)N1CCCC(c2ncc(C(=O)NCc3ccccc3)c(C)n2)C1. The van der Waals surface area contributed by atoms with E-state index in [1.807, 2.05) is 30.3 Å². The van der Waals surface area contributed by atoms with Crippen molar-refractivity contribution in [2.24, 2.45) is 0 Å². The summed E-state index contributed by atoms with van der Waals surface area (Å²) in [4.78, 5) is 46.6. The van der Waals surface area contributed by atoms with Gasteiger partial charge in [0.15, 0.2) is 0 Å². The number of benzene rings is 1. The van der Waals surface area contributed by atoms with Crippen LogP contribution in [0.2, 0.25) is 0 Å². The van der Waals surface area contributed by atoms with Gasteiger partial charge in [-0.1, -0.05) is 30.3 Å². The van der Waals surface area contributed by atoms with Crippen LogP contribution in [0.15, 0.2) is 36.5 Å². The van der Waals surface area contributed by atoms with E-state index in [0.29, 0.717) is 36.7 Å². The number of amides is 3. The van der Waals surface area contributed by atoms with Crippen LogP contribution in [0.1, 0.15) is 53.1 Å². The number of aromatic nitrogens is 2. The monoisotopic (exact) mass is 409 g/mol. The van der Waals surface area contributed by atoms with Gasteiger partial charge in [0.2, 0.25) is 11.8 Å². The number of piperidine rings is 1. The summed E-state index contributed by atoms with van der Waals surface area (Å²) in [7, 11) is 0. The second-order valence-electron chi connectivity index (χ2n) is 7.48. The van der Waals surface area contributed by atoms with E-state index in [9.17, 15) is 14.4 Å². The van der Waals surface area contributed by atoms with Crippen molar-refractivity contribution in [1.82, 2.24) is 25.5 Å². The Balaban J connectivity index is 1.62. The van der Waals surface area contributed by atoms with Crippen LogP contribution in [0, 0.1) is 6.92 Å². The predicted molar refractivity (Wildman–Crippen MR) is 112 cm³/mol. The van der Waals surface area contributed by atoms with Gasteiger partial charge in [0.1, 0.15) is 5.82 Å². The van der Waals surface area contributed by atoms with Gasteiger partial charge in [-0.3, -0.25) is 14.4 Å². The van der Waals surface area contributed by atoms with Crippen LogP contribution in [0.25, 0.3) is 0 Å². The summed E-state index contributed by atoms with van der Waals surface area (Å²) in [5, 5.41) is 5.44. The standard InChI is InChI=1S/C22H27N5O3/c1-15-19(22(30)25-11-17-7-4-3-5-8-17)12-24-21(26-15)18-9-6-10-27(14-18)20(29)13-23-16(2)28/h3-5,7-8,12,18H,6,9-11,13-14H2,1-2H3,(H,23,28)(H,25,30). The van der Waals surface area contributed by atoms with Gasteiger partial charge in [0.05, 0.1) is 17.8 Å². The Hall–Kier alpha value is -3.29. The fourth-order valence-electron chi connectivity index (χ4n) is 3.50. The van der Waals surface area contributed by atoms with E-state index in [1.54, 1.807) is 18.0 Å². The van der Waals surface area contributed by atoms with E-state index in [1.165, 1.54) is 6.92 Å². The van der Waals surface area contributed by atoms with Gasteiger partial charge in [-0.15, -0.1) is 0 Å². The fourth-order valence-corrected chi connectivity index (χ4v) is 3.50. The van der Waals surface area contributed by atoms with E-state index in [0.717, 1.165) is 18.4 Å². The molecule has 0 aliphatic carbocycles. The van der Waals surface area contributed by atoms with Crippen molar-refractivity contribution in [2.45, 2.75) is 39.2 Å². The number of carbonyl (C=O) groups is 3. The van der Waals surface area contributed by atoms with Gasteiger partial charge < -0.3 is 15.5 Å². The number of aryl methyl sites for hydroxylation is 1. The lowest BCUT2D eigenvalue weighted by molar-refractivity contribution is -0.133. The molecule has 2 aromatic rings. The number of hydrogen-bond acceptors (Lipinski definition) is 5. The van der Waals surface area contributed by atoms with Crippen molar-refractivity contribution in [3.05, 3.63) is 59.2 Å². The highest BCUT2D eigenvalue weighted by molar-refractivity contribution is 5.94. The van der Waals surface area contributed by atoms with Crippen LogP contribution in [-0.2, 0) is 16.1 Å². The third-order valence-electron chi connectivity index (χ3n) is 5.17. The first-order valence-electron chi connectivity index (χ1n) is 10.1. The highest BCUT2D eigenvalue weighted by atomic mass is 16.2. The first-order chi connectivity index (χ1) is 14.4. The minimum Gasteiger partial charge on any atom is -0.348 e. The summed E-state index contributed by atoms with van der Waals surface area (Å²) >= 11 is 0. The minimum atomic E-state index is -0.225. The van der Waals surface area contributed by atoms with Crippen LogP contribution in [0.3, 0.4) is 0 Å². The summed E-state index contributed by atoms with van der Waals surface area (Å²) in [5.74, 6) is 0.114. The molecule has 1 aliphatic rings. The third-order valence-corrected chi connectivity index (χ3v) is 5.17. The van der Waals surface area contributed by atoms with Crippen LogP contribution in [-0.4, -0.2) is 52.2 Å². The van der Waals surface area contributed by atoms with Gasteiger partial charge in [0.25, 0.3) is 5.91 Å². The Morgan fingerprint density at radius 3 is 2.63 bits per heavy atom. The van der Waals surface area contributed by atoms with Crippen LogP contribution in [0.4, 0.5) is 0 Å². The fraction of sp³-hybridized carbons (Fsp3) is 0.409. The van der Waals surface area contributed by atoms with Crippen LogP contribution in [0.5, 0.6) is 0 Å². The molecular weight excluding hydrogens is 382 g/mol. The number of hydrogen-bond donors (Lipinski definition) is 2. The summed E-state index contributed by atoms with van der Waals surface area (Å²) in [6.45, 7) is 4.80. The molecule has 3 rings (SSSR count). The van der Waals surface area contributed by atoms with Gasteiger partial charge in [-0.05, 0) is 25.3 Å². The second-order valence-corrected chi connectivity index (χ2v) is 7.48. The minimum absolute atomic E-state index is 0.00244. The Labute approximate surface area is 176 Å². The van der Waals surface area contributed by atoms with Crippen molar-refractivity contribution >= 4 is 17.7 Å². The molecule has 0 spiro atoms. The highest BCUT2D eigenvalue weighted by Gasteiger charge is 2.27. The van der Waals surface area contributed by atoms with Crippen molar-refractivity contribution in [1.29, 1.82) is 0 Å². The summed E-state index contributed by atoms with van der Waals surface area (Å²) in [5.41, 5.74) is 2.09. The summed E-state index contributed by atoms with van der Waals surface area (Å²) in [6, 6.07) is 9.70. The van der Waals surface area contributed by atoms with E-state index >= 15 is 0 Å². The molecule has 1 fully saturated rings. The Kier molecular flexibility index (Phi) is 7.11. The molecule has 8 nitrogen and oxygen atoms in total. The lowest BCUT2D eigenvalue weighted by Crippen LogP contribution is -2.44. The molecule has 1 aromatic carbocycles. The molecule has 0 radical (unpaired) electrons. The molecule has 1 aliphatic heterocycles. The first-order valence-corrected chi connectivity index (χ1v) is 10.1. The molecule has 3 amide bonds. The number of likely N-dealkylation sites (tertiary alicyclic amines) is 1. The predicted octanol–water partition coefficient (Wildman–Crippen LogP) is 1.56. The normalized spacial score (nSPS) is 16.1. The number of carbonyl (C=O) groups excluding carboxylic acids is 3. The van der Waals surface area contributed by atoms with Gasteiger partial charge >= 0.3 is 0 Å². The van der Waals surface area contributed by atoms with Crippen molar-refractivity contribution < 1.29 is 14.4 Å². The molecule has 1 unspecified atom stereocenters. The summed E-state index contributed by atoms with van der Waals surface area (Å²) < 4.78 is 0. The topological polar surface area (TPSA) is 104 Å². The Morgan fingerprint density at radius 2 is 1.93 bits per heavy atom. The summed E-state index contributed by atoms with van der Waals surface area (Å²) in [6.07, 6.45) is 3.29. The van der Waals surface area contributed by atoms with E-state index in [-0.39, 0.29) is 30.2 Å². The van der Waals surface area contributed by atoms with Gasteiger partial charge in [-0.2, -0.15) is 0 Å². The molecule has 1 atom stereocenters. The molecule has 2 N–H and O–H groups in total. The molecule has 30 heavy (non-hydrogen) atoms. The third kappa shape index (κ3) is 5.62. The molecule has 2 heterocycles. The molecule has 0 saturated carbocycles. The van der Waals surface area contributed by atoms with Crippen molar-refractivity contribution in [2.75, 3.05) is 19.6 Å². The Morgan fingerprint density at radius 1 is 1.17 bits per heavy atom. The van der Waals surface area contributed by atoms with Crippen molar-refractivity contribution in [3.8, 4) is 0 Å². The zero-order valence-corrected chi connectivity index (χ0v) is 17.4. The highest BCUT2D eigenvalue weighted by Crippen LogP contribution is 2.25. The second kappa shape index (κ2) is 9.96. The molecular formula is C22H27N5O3. The molecule has 158 valence electrons. The van der Waals surface area contributed by atoms with Crippen LogP contribution < -0.4 is 10.6 Å². The van der Waals surface area contributed by atoms with E-state index in [4.69, 9.17) is 0 Å². The maximum atomic E-state index is 12.5. The van der Waals surface area contributed by atoms with Gasteiger partial charge in [-0.25, -0.2) is 9.97 Å². The first kappa shape index (κ1) is 21.4. The van der Waals surface area contributed by atoms with E-state index in [2.05, 4.69) is 20.6 Å². The zero-order chi connectivity index (χ0) is 21.5. The zero-order valence-electron chi connectivity index (χ0n) is 17.4. The average molecular weight is 409 g/mol. The molecule has 1 aromatic heterocycles. The lowest BCUT2D eigenvalue weighted by Gasteiger charge is -2.32. The van der Waals surface area contributed by atoms with E-state index < -0.39 is 0 Å². The largest absolute Gasteiger partial charge is 0.348 e. The maximum absolute atomic E-state index is 12.5. The molecule has 1 saturated heterocycles. The van der Waals surface area contributed by atoms with Crippen molar-refractivity contribution in [3.63, 3.8) is 0 Å².